The lowest BCUT2D eigenvalue weighted by Crippen LogP contribution is -2.17. The van der Waals surface area contributed by atoms with Crippen LogP contribution in [0, 0.1) is 0 Å². The molecule has 0 radical (unpaired) electrons. The largest absolute Gasteiger partial charge is 0.494 e. The fourth-order valence-corrected chi connectivity index (χ4v) is 2.57. The first kappa shape index (κ1) is 18.8. The highest BCUT2D eigenvalue weighted by atomic mass is 79.9. The van der Waals surface area contributed by atoms with E-state index in [1.165, 1.54) is 0 Å². The van der Waals surface area contributed by atoms with Crippen LogP contribution in [-0.4, -0.2) is 28.9 Å². The molecule has 1 aromatic heterocycles. The summed E-state index contributed by atoms with van der Waals surface area (Å²) in [5.41, 5.74) is 5.28. The highest BCUT2D eigenvalue weighted by molar-refractivity contribution is 9.10. The molecule has 2 N–H and O–H groups in total. The normalized spacial score (nSPS) is 10.9. The van der Waals surface area contributed by atoms with Crippen LogP contribution in [0.4, 0.5) is 0 Å². The van der Waals surface area contributed by atoms with Crippen molar-refractivity contribution in [3.63, 3.8) is 0 Å². The van der Waals surface area contributed by atoms with Gasteiger partial charge in [-0.1, -0.05) is 35.0 Å². The van der Waals surface area contributed by atoms with Gasteiger partial charge < -0.3 is 4.74 Å². The molecule has 0 saturated carbocycles. The number of carbonyl (C=O) groups excluding carboxylic acids is 1. The van der Waals surface area contributed by atoms with Crippen molar-refractivity contribution >= 4 is 28.1 Å². The van der Waals surface area contributed by atoms with E-state index in [9.17, 15) is 4.79 Å². The highest BCUT2D eigenvalue weighted by Crippen LogP contribution is 2.21. The third kappa shape index (κ3) is 5.27. The van der Waals surface area contributed by atoms with Crippen molar-refractivity contribution in [3.05, 3.63) is 70.3 Å². The zero-order chi connectivity index (χ0) is 19.1. The van der Waals surface area contributed by atoms with Crippen LogP contribution in [0.2, 0.25) is 0 Å². The summed E-state index contributed by atoms with van der Waals surface area (Å²) in [5, 5.41) is 10.9. The predicted molar refractivity (Wildman–Crippen MR) is 109 cm³/mol. The summed E-state index contributed by atoms with van der Waals surface area (Å²) in [5.74, 6) is 0.460. The third-order valence-electron chi connectivity index (χ3n) is 3.70. The zero-order valence-electron chi connectivity index (χ0n) is 14.8. The summed E-state index contributed by atoms with van der Waals surface area (Å²) in [6, 6.07) is 16.9. The number of rotatable bonds is 7. The lowest BCUT2D eigenvalue weighted by molar-refractivity contribution is 0.0950. The summed E-state index contributed by atoms with van der Waals surface area (Å²) >= 11 is 3.37. The van der Waals surface area contributed by atoms with Crippen molar-refractivity contribution in [3.8, 4) is 17.0 Å². The van der Waals surface area contributed by atoms with Crippen molar-refractivity contribution in [2.24, 2.45) is 5.10 Å². The SMILES string of the molecule is CCCOc1ccc(-c2cc(C(=O)N/N=C\c3ccc(Br)cc3)[nH]n2)cc1. The van der Waals surface area contributed by atoms with E-state index in [4.69, 9.17) is 4.74 Å². The van der Waals surface area contributed by atoms with Gasteiger partial charge >= 0.3 is 0 Å². The molecule has 0 aliphatic heterocycles. The molecule has 3 rings (SSSR count). The van der Waals surface area contributed by atoms with Crippen LogP contribution >= 0.6 is 15.9 Å². The smallest absolute Gasteiger partial charge is 0.289 e. The molecule has 0 unspecified atom stereocenters. The van der Waals surface area contributed by atoms with Gasteiger partial charge in [-0.15, -0.1) is 0 Å². The van der Waals surface area contributed by atoms with E-state index >= 15 is 0 Å². The van der Waals surface area contributed by atoms with Gasteiger partial charge in [0, 0.05) is 10.0 Å². The molecule has 0 bridgehead atoms. The van der Waals surface area contributed by atoms with Gasteiger partial charge in [0.1, 0.15) is 11.4 Å². The first-order valence-electron chi connectivity index (χ1n) is 8.53. The number of ether oxygens (including phenoxy) is 1. The highest BCUT2D eigenvalue weighted by Gasteiger charge is 2.10. The predicted octanol–water partition coefficient (Wildman–Crippen LogP) is 4.39. The molecule has 27 heavy (non-hydrogen) atoms. The maximum absolute atomic E-state index is 12.2. The van der Waals surface area contributed by atoms with Crippen LogP contribution in [0.1, 0.15) is 29.4 Å². The van der Waals surface area contributed by atoms with E-state index in [1.807, 2.05) is 48.5 Å². The first-order chi connectivity index (χ1) is 13.2. The molecule has 0 aliphatic rings. The average molecular weight is 427 g/mol. The van der Waals surface area contributed by atoms with Crippen LogP contribution in [0.15, 0.2) is 64.2 Å². The summed E-state index contributed by atoms with van der Waals surface area (Å²) in [4.78, 5) is 12.2. The fourth-order valence-electron chi connectivity index (χ4n) is 2.30. The molecule has 7 heteroatoms. The Kier molecular flexibility index (Phi) is 6.38. The molecule has 3 aromatic rings. The van der Waals surface area contributed by atoms with Gasteiger partial charge in [0.2, 0.25) is 0 Å². The molecule has 1 heterocycles. The van der Waals surface area contributed by atoms with Crippen LogP contribution in [0.25, 0.3) is 11.3 Å². The summed E-state index contributed by atoms with van der Waals surface area (Å²) < 4.78 is 6.55. The zero-order valence-corrected chi connectivity index (χ0v) is 16.4. The van der Waals surface area contributed by atoms with Crippen molar-refractivity contribution in [1.82, 2.24) is 15.6 Å². The van der Waals surface area contributed by atoms with Crippen LogP contribution in [0.5, 0.6) is 5.75 Å². The average Bonchev–Trinajstić information content (AvgIpc) is 3.18. The Morgan fingerprint density at radius 3 is 2.67 bits per heavy atom. The number of carbonyl (C=O) groups is 1. The molecule has 0 aliphatic carbocycles. The van der Waals surface area contributed by atoms with Gasteiger partial charge in [-0.25, -0.2) is 5.43 Å². The molecule has 2 aromatic carbocycles. The van der Waals surface area contributed by atoms with Crippen molar-refractivity contribution in [2.45, 2.75) is 13.3 Å². The van der Waals surface area contributed by atoms with Crippen LogP contribution < -0.4 is 10.2 Å². The Balaban J connectivity index is 1.61. The molecule has 6 nitrogen and oxygen atoms in total. The minimum Gasteiger partial charge on any atom is -0.494 e. The molecule has 0 fully saturated rings. The maximum atomic E-state index is 12.2. The number of benzene rings is 2. The number of hydrogen-bond acceptors (Lipinski definition) is 4. The van der Waals surface area contributed by atoms with Gasteiger partial charge in [-0.2, -0.15) is 10.2 Å². The number of hydrogen-bond donors (Lipinski definition) is 2. The quantitative estimate of drug-likeness (QED) is 0.434. The number of nitrogens with one attached hydrogen (secondary N) is 2. The Hall–Kier alpha value is -2.93. The number of amides is 1. The molecule has 0 atom stereocenters. The van der Waals surface area contributed by atoms with Gasteiger partial charge in [-0.3, -0.25) is 9.89 Å². The lowest BCUT2D eigenvalue weighted by atomic mass is 10.1. The minimum absolute atomic E-state index is 0.337. The first-order valence-corrected chi connectivity index (χ1v) is 9.32. The van der Waals surface area contributed by atoms with Gasteiger partial charge in [0.25, 0.3) is 5.91 Å². The Morgan fingerprint density at radius 2 is 1.96 bits per heavy atom. The third-order valence-corrected chi connectivity index (χ3v) is 4.22. The molecular weight excluding hydrogens is 408 g/mol. The van der Waals surface area contributed by atoms with Gasteiger partial charge in [0.05, 0.1) is 18.5 Å². The van der Waals surface area contributed by atoms with Crippen molar-refractivity contribution in [1.29, 1.82) is 0 Å². The molecule has 1 amide bonds. The van der Waals surface area contributed by atoms with E-state index in [0.717, 1.165) is 27.8 Å². The molecule has 0 spiro atoms. The summed E-state index contributed by atoms with van der Waals surface area (Å²) in [6.45, 7) is 2.75. The summed E-state index contributed by atoms with van der Waals surface area (Å²) in [7, 11) is 0. The monoisotopic (exact) mass is 426 g/mol. The molecular formula is C20H19BrN4O2. The number of aromatic amines is 1. The standard InChI is InChI=1S/C20H19BrN4O2/c1-2-11-27-17-9-5-15(6-10-17)18-12-19(24-23-18)20(26)25-22-13-14-3-7-16(21)8-4-14/h3-10,12-13H,2,11H2,1H3,(H,23,24)(H,25,26)/b22-13-. The lowest BCUT2D eigenvalue weighted by Gasteiger charge is -2.04. The number of aromatic nitrogens is 2. The second-order valence-electron chi connectivity index (χ2n) is 5.79. The van der Waals surface area contributed by atoms with E-state index in [1.54, 1.807) is 12.3 Å². The molecule has 138 valence electrons. The Bertz CT molecular complexity index is 918. The maximum Gasteiger partial charge on any atom is 0.289 e. The van der Waals surface area contributed by atoms with E-state index in [-0.39, 0.29) is 5.91 Å². The van der Waals surface area contributed by atoms with Crippen LogP contribution in [-0.2, 0) is 0 Å². The van der Waals surface area contributed by atoms with E-state index in [2.05, 4.69) is 43.6 Å². The van der Waals surface area contributed by atoms with E-state index < -0.39 is 0 Å². The Labute approximate surface area is 165 Å². The second-order valence-corrected chi connectivity index (χ2v) is 6.71. The number of nitrogens with zero attached hydrogens (tertiary/aromatic N) is 2. The van der Waals surface area contributed by atoms with Crippen molar-refractivity contribution < 1.29 is 9.53 Å². The van der Waals surface area contributed by atoms with Gasteiger partial charge in [0.15, 0.2) is 0 Å². The Morgan fingerprint density at radius 1 is 1.22 bits per heavy atom. The van der Waals surface area contributed by atoms with Crippen molar-refractivity contribution in [2.75, 3.05) is 6.61 Å². The topological polar surface area (TPSA) is 79.4 Å². The second kappa shape index (κ2) is 9.14. The number of hydrazone groups is 1. The molecule has 0 saturated heterocycles. The minimum atomic E-state index is -0.356. The summed E-state index contributed by atoms with van der Waals surface area (Å²) in [6.07, 6.45) is 2.54. The van der Waals surface area contributed by atoms with Gasteiger partial charge in [-0.05, 0) is 54.4 Å². The van der Waals surface area contributed by atoms with E-state index in [0.29, 0.717) is 18.0 Å². The fraction of sp³-hybridized carbons (Fsp3) is 0.150. The number of halogens is 1. The number of H-pyrrole nitrogens is 1. The van der Waals surface area contributed by atoms with Crippen LogP contribution in [0.3, 0.4) is 0 Å².